The first kappa shape index (κ1) is 22.5. The Hall–Kier alpha value is -2.22. The van der Waals surface area contributed by atoms with Crippen molar-refractivity contribution in [3.8, 4) is 22.8 Å². The fourth-order valence-corrected chi connectivity index (χ4v) is 3.89. The molecule has 6 nitrogen and oxygen atoms in total. The maximum absolute atomic E-state index is 12.3. The molecule has 0 fully saturated rings. The maximum atomic E-state index is 12.3. The molecule has 0 saturated heterocycles. The van der Waals surface area contributed by atoms with Gasteiger partial charge in [0.15, 0.2) is 11.0 Å². The van der Waals surface area contributed by atoms with Crippen LogP contribution in [0.25, 0.3) is 17.1 Å². The first-order valence-electron chi connectivity index (χ1n) is 9.40. The first-order valence-corrected chi connectivity index (χ1v) is 11.1. The highest BCUT2D eigenvalue weighted by molar-refractivity contribution is 7.99. The van der Waals surface area contributed by atoms with Gasteiger partial charge in [-0.25, -0.2) is 0 Å². The van der Waals surface area contributed by atoms with Crippen molar-refractivity contribution in [1.82, 2.24) is 20.1 Å². The van der Waals surface area contributed by atoms with Crippen LogP contribution in [0, 0.1) is 0 Å². The van der Waals surface area contributed by atoms with Gasteiger partial charge in [-0.05, 0) is 43.7 Å². The van der Waals surface area contributed by atoms with Gasteiger partial charge in [-0.3, -0.25) is 9.36 Å². The standard InChI is InChI=1S/C21H22Cl2N4O2S/c1-4-13(2)24-19(28)12-30-21-26-25-20(14-6-5-7-15(22)10-14)27(21)17-11-16(23)8-9-18(17)29-3/h5-11,13H,4,12H2,1-3H3,(H,24,28). The molecular formula is C21H22Cl2N4O2S. The molecule has 0 radical (unpaired) electrons. The van der Waals surface area contributed by atoms with Crippen LogP contribution >= 0.6 is 35.0 Å². The van der Waals surface area contributed by atoms with E-state index in [1.54, 1.807) is 31.4 Å². The van der Waals surface area contributed by atoms with E-state index in [-0.39, 0.29) is 17.7 Å². The summed E-state index contributed by atoms with van der Waals surface area (Å²) in [7, 11) is 1.59. The zero-order valence-electron chi connectivity index (χ0n) is 16.9. The average molecular weight is 465 g/mol. The number of thioether (sulfide) groups is 1. The Kier molecular flexibility index (Phi) is 7.64. The maximum Gasteiger partial charge on any atom is 0.230 e. The molecule has 0 spiro atoms. The van der Waals surface area contributed by atoms with Crippen LogP contribution in [0.3, 0.4) is 0 Å². The number of nitrogens with one attached hydrogen (secondary N) is 1. The van der Waals surface area contributed by atoms with E-state index in [0.29, 0.717) is 32.5 Å². The Bertz CT molecular complexity index is 1040. The molecule has 1 unspecified atom stereocenters. The Morgan fingerprint density at radius 2 is 1.97 bits per heavy atom. The summed E-state index contributed by atoms with van der Waals surface area (Å²) >= 11 is 13.7. The predicted octanol–water partition coefficient (Wildman–Crippen LogP) is 5.26. The molecule has 0 aliphatic carbocycles. The minimum Gasteiger partial charge on any atom is -0.495 e. The molecule has 30 heavy (non-hydrogen) atoms. The summed E-state index contributed by atoms with van der Waals surface area (Å²) in [5, 5.41) is 13.3. The number of carbonyl (C=O) groups is 1. The highest BCUT2D eigenvalue weighted by Gasteiger charge is 2.20. The lowest BCUT2D eigenvalue weighted by Crippen LogP contribution is -2.33. The van der Waals surface area contributed by atoms with E-state index < -0.39 is 0 Å². The lowest BCUT2D eigenvalue weighted by molar-refractivity contribution is -0.119. The molecule has 0 aliphatic rings. The summed E-state index contributed by atoms with van der Waals surface area (Å²) < 4.78 is 7.37. The lowest BCUT2D eigenvalue weighted by atomic mass is 10.2. The Morgan fingerprint density at radius 3 is 2.67 bits per heavy atom. The van der Waals surface area contributed by atoms with Gasteiger partial charge >= 0.3 is 0 Å². The second kappa shape index (κ2) is 10.2. The van der Waals surface area contributed by atoms with Crippen molar-refractivity contribution in [3.63, 3.8) is 0 Å². The van der Waals surface area contributed by atoms with Gasteiger partial charge in [-0.1, -0.05) is 54.0 Å². The van der Waals surface area contributed by atoms with Crippen molar-refractivity contribution in [2.24, 2.45) is 0 Å². The monoisotopic (exact) mass is 464 g/mol. The van der Waals surface area contributed by atoms with Gasteiger partial charge in [-0.15, -0.1) is 10.2 Å². The summed E-state index contributed by atoms with van der Waals surface area (Å²) in [5.74, 6) is 1.32. The first-order chi connectivity index (χ1) is 14.4. The third-order valence-corrected chi connectivity index (χ3v) is 5.85. The van der Waals surface area contributed by atoms with Gasteiger partial charge in [0.1, 0.15) is 5.75 Å². The molecule has 158 valence electrons. The van der Waals surface area contributed by atoms with E-state index in [0.717, 1.165) is 12.0 Å². The number of amides is 1. The number of rotatable bonds is 8. The van der Waals surface area contributed by atoms with Gasteiger partial charge in [-0.2, -0.15) is 0 Å². The zero-order valence-corrected chi connectivity index (χ0v) is 19.2. The summed E-state index contributed by atoms with van der Waals surface area (Å²) in [4.78, 5) is 12.3. The van der Waals surface area contributed by atoms with Gasteiger partial charge < -0.3 is 10.1 Å². The highest BCUT2D eigenvalue weighted by Crippen LogP contribution is 2.34. The largest absolute Gasteiger partial charge is 0.495 e. The van der Waals surface area contributed by atoms with Gasteiger partial charge in [0.05, 0.1) is 18.6 Å². The number of carbonyl (C=O) groups excluding carboxylic acids is 1. The molecule has 0 bridgehead atoms. The summed E-state index contributed by atoms with van der Waals surface area (Å²) in [6.45, 7) is 4.00. The number of nitrogens with zero attached hydrogens (tertiary/aromatic N) is 3. The number of aromatic nitrogens is 3. The Labute approximate surface area is 189 Å². The van der Waals surface area contributed by atoms with Crippen LogP contribution in [0.5, 0.6) is 5.75 Å². The predicted molar refractivity (Wildman–Crippen MR) is 122 cm³/mol. The number of ether oxygens (including phenoxy) is 1. The Morgan fingerprint density at radius 1 is 1.20 bits per heavy atom. The number of halogens is 2. The van der Waals surface area contributed by atoms with Crippen LogP contribution in [-0.2, 0) is 4.79 Å². The molecule has 0 saturated carbocycles. The minimum absolute atomic E-state index is 0.0636. The number of hydrogen-bond acceptors (Lipinski definition) is 5. The fourth-order valence-electron chi connectivity index (χ4n) is 2.78. The van der Waals surface area contributed by atoms with Crippen LogP contribution < -0.4 is 10.1 Å². The van der Waals surface area contributed by atoms with Crippen LogP contribution in [0.1, 0.15) is 20.3 Å². The van der Waals surface area contributed by atoms with Crippen molar-refractivity contribution in [2.45, 2.75) is 31.5 Å². The van der Waals surface area contributed by atoms with Crippen LogP contribution in [0.15, 0.2) is 47.6 Å². The molecule has 1 heterocycles. The molecule has 2 aromatic carbocycles. The normalized spacial score (nSPS) is 11.9. The van der Waals surface area contributed by atoms with Crippen LogP contribution in [-0.4, -0.2) is 39.6 Å². The average Bonchev–Trinajstić information content (AvgIpc) is 3.16. The third kappa shape index (κ3) is 5.28. The highest BCUT2D eigenvalue weighted by atomic mass is 35.5. The SMILES string of the molecule is CCC(C)NC(=O)CSc1nnc(-c2cccc(Cl)c2)n1-c1cc(Cl)ccc1OC. The quantitative estimate of drug-likeness (QED) is 0.460. The van der Waals surface area contributed by atoms with E-state index in [1.165, 1.54) is 11.8 Å². The number of benzene rings is 2. The third-order valence-electron chi connectivity index (χ3n) is 4.45. The molecule has 3 aromatic rings. The molecular weight excluding hydrogens is 443 g/mol. The van der Waals surface area contributed by atoms with Gasteiger partial charge in [0.2, 0.25) is 5.91 Å². The molecule has 1 atom stereocenters. The van der Waals surface area contributed by atoms with E-state index in [2.05, 4.69) is 15.5 Å². The fraction of sp³-hybridized carbons (Fsp3) is 0.286. The number of methoxy groups -OCH3 is 1. The molecule has 9 heteroatoms. The van der Waals surface area contributed by atoms with E-state index in [1.807, 2.05) is 36.6 Å². The van der Waals surface area contributed by atoms with E-state index in [4.69, 9.17) is 27.9 Å². The molecule has 0 aliphatic heterocycles. The van der Waals surface area contributed by atoms with Crippen molar-refractivity contribution in [3.05, 3.63) is 52.5 Å². The van der Waals surface area contributed by atoms with Crippen molar-refractivity contribution >= 4 is 40.9 Å². The molecule has 1 amide bonds. The van der Waals surface area contributed by atoms with Crippen molar-refractivity contribution in [2.75, 3.05) is 12.9 Å². The Balaban J connectivity index is 2.04. The molecule has 1 N–H and O–H groups in total. The second-order valence-corrected chi connectivity index (χ2v) is 8.45. The van der Waals surface area contributed by atoms with Crippen LogP contribution in [0.2, 0.25) is 10.0 Å². The lowest BCUT2D eigenvalue weighted by Gasteiger charge is -2.15. The topological polar surface area (TPSA) is 69.0 Å². The minimum atomic E-state index is -0.0636. The van der Waals surface area contributed by atoms with Gasteiger partial charge in [0, 0.05) is 21.7 Å². The van der Waals surface area contributed by atoms with Crippen LogP contribution in [0.4, 0.5) is 0 Å². The molecule has 1 aromatic heterocycles. The van der Waals surface area contributed by atoms with E-state index in [9.17, 15) is 4.79 Å². The summed E-state index contributed by atoms with van der Waals surface area (Å²) in [6.07, 6.45) is 0.866. The van der Waals surface area contributed by atoms with Crippen molar-refractivity contribution < 1.29 is 9.53 Å². The van der Waals surface area contributed by atoms with Crippen molar-refractivity contribution in [1.29, 1.82) is 0 Å². The van der Waals surface area contributed by atoms with Gasteiger partial charge in [0.25, 0.3) is 0 Å². The van der Waals surface area contributed by atoms with E-state index >= 15 is 0 Å². The summed E-state index contributed by atoms with van der Waals surface area (Å²) in [5.41, 5.74) is 1.46. The second-order valence-electron chi connectivity index (χ2n) is 6.63. The smallest absolute Gasteiger partial charge is 0.230 e. The molecule has 3 rings (SSSR count). The number of hydrogen-bond donors (Lipinski definition) is 1. The zero-order chi connectivity index (χ0) is 21.7. The summed E-state index contributed by atoms with van der Waals surface area (Å²) in [6, 6.07) is 12.8.